The molecule has 1 aliphatic rings. The van der Waals surface area contributed by atoms with Gasteiger partial charge in [0, 0.05) is 27.5 Å². The zero-order valence-corrected chi connectivity index (χ0v) is 21.3. The Hall–Kier alpha value is -2.47. The fraction of sp³-hybridized carbons (Fsp3) is 0.318. The number of fused-ring (bicyclic) bond motifs is 1. The van der Waals surface area contributed by atoms with E-state index in [-0.39, 0.29) is 12.4 Å². The molecule has 0 saturated carbocycles. The molecule has 3 aromatic rings. The van der Waals surface area contributed by atoms with Crippen molar-refractivity contribution < 1.29 is 23.0 Å². The van der Waals surface area contributed by atoms with Gasteiger partial charge in [0.05, 0.1) is 48.7 Å². The van der Waals surface area contributed by atoms with Gasteiger partial charge in [-0.25, -0.2) is 4.98 Å². The van der Waals surface area contributed by atoms with E-state index in [0.29, 0.717) is 39.8 Å². The van der Waals surface area contributed by atoms with E-state index < -0.39 is 17.3 Å². The van der Waals surface area contributed by atoms with Gasteiger partial charge in [0.15, 0.2) is 0 Å². The Morgan fingerprint density at radius 3 is 2.79 bits per heavy atom. The Kier molecular flexibility index (Phi) is 7.87. The van der Waals surface area contributed by atoms with Crippen LogP contribution in [0.15, 0.2) is 47.2 Å². The molecule has 4 rings (SSSR count). The van der Waals surface area contributed by atoms with Crippen LogP contribution in [0, 0.1) is 0 Å². The lowest BCUT2D eigenvalue weighted by molar-refractivity contribution is -0.140. The molecule has 0 fully saturated rings. The number of carbonyl (C=O) groups excluding carboxylic acids is 1. The molecule has 34 heavy (non-hydrogen) atoms. The van der Waals surface area contributed by atoms with Gasteiger partial charge in [-0.2, -0.15) is 5.10 Å². The van der Waals surface area contributed by atoms with Crippen LogP contribution in [-0.4, -0.2) is 36.6 Å². The maximum atomic E-state index is 12.3. The van der Waals surface area contributed by atoms with Crippen LogP contribution < -0.4 is 9.04 Å². The molecule has 0 saturated heterocycles. The summed E-state index contributed by atoms with van der Waals surface area (Å²) in [5.74, 6) is 0.518. The quantitative estimate of drug-likeness (QED) is 0.285. The van der Waals surface area contributed by atoms with Gasteiger partial charge >= 0.3 is 5.97 Å². The SMILES string of the molecule is COC(=O)CCn1ncc2c1CCCC2N(c1cnc(Oc2ccc(Cl)cc2)c(Br)c1)S(=O)[O-]. The molecule has 0 aliphatic heterocycles. The van der Waals surface area contributed by atoms with Crippen LogP contribution in [0.4, 0.5) is 5.69 Å². The van der Waals surface area contributed by atoms with E-state index >= 15 is 0 Å². The van der Waals surface area contributed by atoms with Gasteiger partial charge < -0.3 is 14.0 Å². The first kappa shape index (κ1) is 24.6. The molecule has 0 bridgehead atoms. The van der Waals surface area contributed by atoms with Gasteiger partial charge in [-0.3, -0.25) is 18.0 Å². The molecule has 2 atom stereocenters. The average molecular weight is 569 g/mol. The fourth-order valence-electron chi connectivity index (χ4n) is 3.93. The van der Waals surface area contributed by atoms with Gasteiger partial charge in [0.25, 0.3) is 0 Å². The van der Waals surface area contributed by atoms with Crippen molar-refractivity contribution in [1.82, 2.24) is 14.8 Å². The summed E-state index contributed by atoms with van der Waals surface area (Å²) in [5.41, 5.74) is 2.13. The lowest BCUT2D eigenvalue weighted by atomic mass is 9.92. The number of anilines is 1. The number of aromatic nitrogens is 3. The van der Waals surface area contributed by atoms with Crippen LogP contribution in [-0.2, 0) is 33.8 Å². The maximum absolute atomic E-state index is 12.3. The normalized spacial score (nSPS) is 15.9. The van der Waals surface area contributed by atoms with Crippen molar-refractivity contribution in [2.24, 2.45) is 0 Å². The summed E-state index contributed by atoms with van der Waals surface area (Å²) in [6.07, 6.45) is 5.49. The molecule has 2 aromatic heterocycles. The molecule has 0 radical (unpaired) electrons. The highest BCUT2D eigenvalue weighted by atomic mass is 79.9. The number of carbonyl (C=O) groups is 1. The number of rotatable bonds is 8. The summed E-state index contributed by atoms with van der Waals surface area (Å²) in [7, 11) is 1.34. The summed E-state index contributed by atoms with van der Waals surface area (Å²) in [5, 5.41) is 4.99. The highest BCUT2D eigenvalue weighted by Gasteiger charge is 2.31. The smallest absolute Gasteiger partial charge is 0.307 e. The highest BCUT2D eigenvalue weighted by Crippen LogP contribution is 2.40. The van der Waals surface area contributed by atoms with Gasteiger partial charge in [-0.15, -0.1) is 0 Å². The summed E-state index contributed by atoms with van der Waals surface area (Å²) in [6, 6.07) is 8.05. The number of halogens is 2. The molecule has 1 aliphatic carbocycles. The molecule has 2 unspecified atom stereocenters. The summed E-state index contributed by atoms with van der Waals surface area (Å²) in [6.45, 7) is 0.374. The number of methoxy groups -OCH3 is 1. The third-order valence-corrected chi connectivity index (χ3v) is 7.11. The molecular weight excluding hydrogens is 548 g/mol. The number of pyridine rings is 1. The van der Waals surface area contributed by atoms with Gasteiger partial charge in [-0.05, 0) is 65.5 Å². The molecule has 1 aromatic carbocycles. The van der Waals surface area contributed by atoms with Crippen LogP contribution in [0.1, 0.15) is 36.6 Å². The molecule has 0 N–H and O–H groups in total. The van der Waals surface area contributed by atoms with E-state index in [1.54, 1.807) is 41.2 Å². The minimum Gasteiger partial charge on any atom is -0.755 e. The summed E-state index contributed by atoms with van der Waals surface area (Å²) < 4.78 is 38.7. The summed E-state index contributed by atoms with van der Waals surface area (Å²) in [4.78, 5) is 15.9. The molecule has 12 heteroatoms. The first-order valence-corrected chi connectivity index (χ1v) is 12.7. The highest BCUT2D eigenvalue weighted by molar-refractivity contribution is 9.10. The minimum absolute atomic E-state index is 0.193. The Morgan fingerprint density at radius 2 is 2.12 bits per heavy atom. The monoisotopic (exact) mass is 567 g/mol. The Bertz CT molecular complexity index is 1210. The molecule has 0 amide bonds. The van der Waals surface area contributed by atoms with Crippen molar-refractivity contribution in [1.29, 1.82) is 0 Å². The average Bonchev–Trinajstić information content (AvgIpc) is 3.24. The van der Waals surface area contributed by atoms with Gasteiger partial charge in [0.2, 0.25) is 5.88 Å². The first-order valence-electron chi connectivity index (χ1n) is 10.5. The third-order valence-electron chi connectivity index (χ3n) is 5.51. The molecular formula is C22H21BrClN4O5S-. The van der Waals surface area contributed by atoms with Crippen molar-refractivity contribution in [2.75, 3.05) is 11.4 Å². The Labute approximate surface area is 212 Å². The molecule has 0 spiro atoms. The van der Waals surface area contributed by atoms with Crippen LogP contribution in [0.2, 0.25) is 5.02 Å². The Balaban J connectivity index is 1.59. The second-order valence-corrected chi connectivity index (χ2v) is 9.70. The van der Waals surface area contributed by atoms with Crippen molar-refractivity contribution >= 4 is 50.5 Å². The molecule has 9 nitrogen and oxygen atoms in total. The largest absolute Gasteiger partial charge is 0.755 e. The van der Waals surface area contributed by atoms with E-state index in [1.165, 1.54) is 17.6 Å². The van der Waals surface area contributed by atoms with E-state index in [9.17, 15) is 13.6 Å². The standard InChI is InChI=1S/C22H22BrClN4O5S/c1-32-21(29)9-10-27-19-3-2-4-20(17(19)13-26-27)28(34(30)31)15-11-18(23)22(25-12-15)33-16-7-5-14(24)6-8-16/h5-8,11-13,20H,2-4,9-10H2,1H3,(H,30,31)/p-1. The van der Waals surface area contributed by atoms with Crippen LogP contribution in [0.25, 0.3) is 0 Å². The van der Waals surface area contributed by atoms with Gasteiger partial charge in [-0.1, -0.05) is 11.6 Å². The summed E-state index contributed by atoms with van der Waals surface area (Å²) >= 11 is 6.78. The van der Waals surface area contributed by atoms with E-state index in [1.807, 2.05) is 0 Å². The minimum atomic E-state index is -2.56. The number of nitrogens with zero attached hydrogens (tertiary/aromatic N) is 4. The number of benzene rings is 1. The van der Waals surface area contributed by atoms with E-state index in [0.717, 1.165) is 24.1 Å². The third kappa shape index (κ3) is 5.43. The van der Waals surface area contributed by atoms with E-state index in [2.05, 4.69) is 26.0 Å². The van der Waals surface area contributed by atoms with Crippen LogP contribution in [0.5, 0.6) is 11.6 Å². The molecule has 2 heterocycles. The fourth-order valence-corrected chi connectivity index (χ4v) is 5.17. The van der Waals surface area contributed by atoms with Crippen LogP contribution >= 0.6 is 27.5 Å². The van der Waals surface area contributed by atoms with Crippen molar-refractivity contribution in [3.63, 3.8) is 0 Å². The topological polar surface area (TPSA) is 110 Å². The number of aryl methyl sites for hydroxylation is 1. The zero-order chi connectivity index (χ0) is 24.2. The Morgan fingerprint density at radius 1 is 1.35 bits per heavy atom. The molecule has 180 valence electrons. The van der Waals surface area contributed by atoms with Crippen molar-refractivity contribution in [2.45, 2.75) is 38.3 Å². The van der Waals surface area contributed by atoms with Gasteiger partial charge in [0.1, 0.15) is 5.75 Å². The van der Waals surface area contributed by atoms with Crippen molar-refractivity contribution in [3.8, 4) is 11.6 Å². The number of ether oxygens (including phenoxy) is 2. The number of hydrogen-bond donors (Lipinski definition) is 0. The number of hydrogen-bond acceptors (Lipinski definition) is 7. The lowest BCUT2D eigenvalue weighted by Crippen LogP contribution is -2.33. The lowest BCUT2D eigenvalue weighted by Gasteiger charge is -2.36. The predicted octanol–water partition coefficient (Wildman–Crippen LogP) is 4.73. The second kappa shape index (κ2) is 10.9. The van der Waals surface area contributed by atoms with E-state index in [4.69, 9.17) is 21.1 Å². The van der Waals surface area contributed by atoms with Crippen molar-refractivity contribution in [3.05, 3.63) is 63.5 Å². The first-order chi connectivity index (χ1) is 16.4. The number of esters is 1. The second-order valence-electron chi connectivity index (χ2n) is 7.58. The zero-order valence-electron chi connectivity index (χ0n) is 18.1. The predicted molar refractivity (Wildman–Crippen MR) is 129 cm³/mol. The van der Waals surface area contributed by atoms with Crippen LogP contribution in [0.3, 0.4) is 0 Å². The maximum Gasteiger partial charge on any atom is 0.307 e.